The van der Waals surface area contributed by atoms with Crippen LogP contribution in [0.25, 0.3) is 0 Å². The summed E-state index contributed by atoms with van der Waals surface area (Å²) in [5.41, 5.74) is 0.956. The highest BCUT2D eigenvalue weighted by Gasteiger charge is 2.30. The van der Waals surface area contributed by atoms with E-state index in [1.54, 1.807) is 31.3 Å². The minimum absolute atomic E-state index is 0.0190. The first-order valence-corrected chi connectivity index (χ1v) is 12.5. The Labute approximate surface area is 216 Å². The molecule has 2 aromatic carbocycles. The number of benzene rings is 2. The summed E-state index contributed by atoms with van der Waals surface area (Å²) in [5.74, 6) is 1.73. The van der Waals surface area contributed by atoms with Gasteiger partial charge in [-0.3, -0.25) is 9.59 Å². The minimum atomic E-state index is -0.586. The van der Waals surface area contributed by atoms with Gasteiger partial charge in [-0.25, -0.2) is 4.39 Å². The monoisotopic (exact) mass is 508 g/mol. The van der Waals surface area contributed by atoms with Crippen LogP contribution in [0.15, 0.2) is 59.0 Å². The second-order valence-corrected chi connectivity index (χ2v) is 9.38. The van der Waals surface area contributed by atoms with Crippen molar-refractivity contribution in [2.45, 2.75) is 32.7 Å². The van der Waals surface area contributed by atoms with Crippen molar-refractivity contribution in [1.29, 1.82) is 0 Å². The van der Waals surface area contributed by atoms with Crippen LogP contribution in [0.5, 0.6) is 11.5 Å². The maximum atomic E-state index is 14.4. The summed E-state index contributed by atoms with van der Waals surface area (Å²) < 4.78 is 30.8. The Balaban J connectivity index is 1.52. The number of aryl methyl sites for hydroxylation is 1. The Bertz CT molecular complexity index is 1240. The molecule has 0 atom stereocenters. The summed E-state index contributed by atoms with van der Waals surface area (Å²) in [6, 6.07) is 15.3. The summed E-state index contributed by atoms with van der Waals surface area (Å²) in [6.45, 7) is 2.83. The van der Waals surface area contributed by atoms with E-state index in [1.807, 2.05) is 37.3 Å². The molecule has 7 nitrogen and oxygen atoms in total. The van der Waals surface area contributed by atoms with Crippen molar-refractivity contribution in [3.05, 3.63) is 83.1 Å². The van der Waals surface area contributed by atoms with Gasteiger partial charge in [-0.05, 0) is 74.1 Å². The van der Waals surface area contributed by atoms with Crippen molar-refractivity contribution in [2.24, 2.45) is 5.92 Å². The number of furan rings is 1. The maximum Gasteiger partial charge on any atom is 0.257 e. The highest BCUT2D eigenvalue weighted by molar-refractivity contribution is 5.96. The summed E-state index contributed by atoms with van der Waals surface area (Å²) in [5, 5.41) is 0. The summed E-state index contributed by atoms with van der Waals surface area (Å²) >= 11 is 0. The van der Waals surface area contributed by atoms with E-state index in [1.165, 1.54) is 17.0 Å². The minimum Gasteiger partial charge on any atom is -0.493 e. The molecule has 0 N–H and O–H groups in total. The molecular formula is C29H33FN2O5. The van der Waals surface area contributed by atoms with Gasteiger partial charge in [-0.15, -0.1) is 0 Å². The molecule has 0 unspecified atom stereocenters. The number of carbonyl (C=O) groups is 2. The number of rotatable bonds is 12. The molecule has 196 valence electrons. The standard InChI is InChI=1S/C29H33FN2O5/c1-20-8-12-23(37-20)18-31(15-14-21-11-13-26(35-2)27(16-21)36-3)28(33)19-32(17-22-9-10-22)29(34)24-6-4-5-7-25(24)30/h4-8,11-13,16,22H,9-10,14-15,17-19H2,1-3H3. The van der Waals surface area contributed by atoms with Gasteiger partial charge < -0.3 is 23.7 Å². The third-order valence-electron chi connectivity index (χ3n) is 6.51. The number of hydrogen-bond donors (Lipinski definition) is 0. The predicted molar refractivity (Wildman–Crippen MR) is 137 cm³/mol. The van der Waals surface area contributed by atoms with Gasteiger partial charge in [0, 0.05) is 13.1 Å². The molecule has 1 aliphatic carbocycles. The highest BCUT2D eigenvalue weighted by Crippen LogP contribution is 2.31. The fourth-order valence-corrected chi connectivity index (χ4v) is 4.25. The molecule has 0 saturated heterocycles. The molecule has 2 amide bonds. The van der Waals surface area contributed by atoms with Crippen molar-refractivity contribution >= 4 is 11.8 Å². The number of methoxy groups -OCH3 is 2. The van der Waals surface area contributed by atoms with Gasteiger partial charge >= 0.3 is 0 Å². The third-order valence-corrected chi connectivity index (χ3v) is 6.51. The van der Waals surface area contributed by atoms with E-state index >= 15 is 0 Å². The molecule has 8 heteroatoms. The molecule has 1 aliphatic rings. The zero-order valence-electron chi connectivity index (χ0n) is 21.5. The molecular weight excluding hydrogens is 475 g/mol. The topological polar surface area (TPSA) is 72.2 Å². The van der Waals surface area contributed by atoms with Gasteiger partial charge in [-0.1, -0.05) is 18.2 Å². The Morgan fingerprint density at radius 2 is 1.76 bits per heavy atom. The molecule has 0 aliphatic heterocycles. The maximum absolute atomic E-state index is 14.4. The first kappa shape index (κ1) is 26.3. The van der Waals surface area contributed by atoms with Crippen LogP contribution in [0.2, 0.25) is 0 Å². The number of amides is 2. The Morgan fingerprint density at radius 3 is 2.41 bits per heavy atom. The number of carbonyl (C=O) groups excluding carboxylic acids is 2. The average molecular weight is 509 g/mol. The first-order chi connectivity index (χ1) is 17.9. The largest absolute Gasteiger partial charge is 0.493 e. The van der Waals surface area contributed by atoms with Crippen LogP contribution in [-0.2, 0) is 17.8 Å². The van der Waals surface area contributed by atoms with Crippen LogP contribution in [-0.4, -0.2) is 55.5 Å². The number of hydrogen-bond acceptors (Lipinski definition) is 5. The van der Waals surface area contributed by atoms with Crippen LogP contribution in [0.3, 0.4) is 0 Å². The van der Waals surface area contributed by atoms with Crippen LogP contribution in [0.4, 0.5) is 4.39 Å². The lowest BCUT2D eigenvalue weighted by molar-refractivity contribution is -0.132. The summed E-state index contributed by atoms with van der Waals surface area (Å²) in [4.78, 5) is 30.0. The first-order valence-electron chi connectivity index (χ1n) is 12.5. The van der Waals surface area contributed by atoms with E-state index < -0.39 is 11.7 Å². The molecule has 1 heterocycles. The van der Waals surface area contributed by atoms with E-state index in [9.17, 15) is 14.0 Å². The zero-order valence-corrected chi connectivity index (χ0v) is 21.5. The Morgan fingerprint density at radius 1 is 1.00 bits per heavy atom. The molecule has 0 radical (unpaired) electrons. The zero-order chi connectivity index (χ0) is 26.4. The lowest BCUT2D eigenvalue weighted by Crippen LogP contribution is -2.44. The second-order valence-electron chi connectivity index (χ2n) is 9.38. The van der Waals surface area contributed by atoms with Gasteiger partial charge in [0.05, 0.1) is 26.3 Å². The van der Waals surface area contributed by atoms with E-state index in [0.29, 0.717) is 42.7 Å². The molecule has 1 fully saturated rings. The van der Waals surface area contributed by atoms with E-state index in [-0.39, 0.29) is 24.6 Å². The number of ether oxygens (including phenoxy) is 2. The Kier molecular flexibility index (Phi) is 8.48. The van der Waals surface area contributed by atoms with Gasteiger partial charge in [-0.2, -0.15) is 0 Å². The van der Waals surface area contributed by atoms with E-state index in [4.69, 9.17) is 13.9 Å². The number of halogens is 1. The van der Waals surface area contributed by atoms with Crippen molar-refractivity contribution in [3.63, 3.8) is 0 Å². The fourth-order valence-electron chi connectivity index (χ4n) is 4.25. The molecule has 4 rings (SSSR count). The summed E-state index contributed by atoms with van der Waals surface area (Å²) in [6.07, 6.45) is 2.57. The van der Waals surface area contributed by atoms with Crippen molar-refractivity contribution in [3.8, 4) is 11.5 Å². The van der Waals surface area contributed by atoms with E-state index in [0.717, 1.165) is 24.2 Å². The van der Waals surface area contributed by atoms with Crippen LogP contribution < -0.4 is 9.47 Å². The lowest BCUT2D eigenvalue weighted by Gasteiger charge is -2.27. The van der Waals surface area contributed by atoms with Gasteiger partial charge in [0.25, 0.3) is 5.91 Å². The number of nitrogens with zero attached hydrogens (tertiary/aromatic N) is 2. The van der Waals surface area contributed by atoms with Crippen LogP contribution in [0.1, 0.15) is 40.3 Å². The average Bonchev–Trinajstić information content (AvgIpc) is 3.63. The molecule has 0 bridgehead atoms. The van der Waals surface area contributed by atoms with Gasteiger partial charge in [0.1, 0.15) is 23.9 Å². The van der Waals surface area contributed by atoms with Crippen LogP contribution >= 0.6 is 0 Å². The lowest BCUT2D eigenvalue weighted by atomic mass is 10.1. The van der Waals surface area contributed by atoms with Crippen molar-refractivity contribution in [1.82, 2.24) is 9.80 Å². The smallest absolute Gasteiger partial charge is 0.257 e. The third kappa shape index (κ3) is 6.90. The molecule has 1 saturated carbocycles. The highest BCUT2D eigenvalue weighted by atomic mass is 19.1. The quantitative estimate of drug-likeness (QED) is 0.349. The molecule has 0 spiro atoms. The molecule has 37 heavy (non-hydrogen) atoms. The molecule has 3 aromatic rings. The predicted octanol–water partition coefficient (Wildman–Crippen LogP) is 4.87. The van der Waals surface area contributed by atoms with Crippen molar-refractivity contribution < 1.29 is 27.9 Å². The van der Waals surface area contributed by atoms with Gasteiger partial charge in [0.15, 0.2) is 11.5 Å². The second kappa shape index (κ2) is 12.0. The molecule has 1 aromatic heterocycles. The fraction of sp³-hybridized carbons (Fsp3) is 0.379. The Hall–Kier alpha value is -3.81. The summed E-state index contributed by atoms with van der Waals surface area (Å²) in [7, 11) is 3.16. The van der Waals surface area contributed by atoms with Gasteiger partial charge in [0.2, 0.25) is 5.91 Å². The normalized spacial score (nSPS) is 12.8. The SMILES string of the molecule is COc1ccc(CCN(Cc2ccc(C)o2)C(=O)CN(CC2CC2)C(=O)c2ccccc2F)cc1OC. The van der Waals surface area contributed by atoms with Crippen LogP contribution in [0, 0.1) is 18.7 Å². The van der Waals surface area contributed by atoms with E-state index in [2.05, 4.69) is 0 Å². The van der Waals surface area contributed by atoms with Crippen molar-refractivity contribution in [2.75, 3.05) is 33.9 Å².